The highest BCUT2D eigenvalue weighted by Crippen LogP contribution is 2.32. The van der Waals surface area contributed by atoms with Crippen LogP contribution < -0.4 is 5.32 Å². The van der Waals surface area contributed by atoms with Gasteiger partial charge >= 0.3 is 0 Å². The van der Waals surface area contributed by atoms with Crippen LogP contribution in [0.4, 0.5) is 0 Å². The van der Waals surface area contributed by atoms with E-state index in [1.165, 1.54) is 10.1 Å². The lowest BCUT2D eigenvalue weighted by molar-refractivity contribution is 0.478. The number of hydrogen-bond acceptors (Lipinski definition) is 5. The summed E-state index contributed by atoms with van der Waals surface area (Å²) in [6.07, 6.45) is 1.09. The molecule has 19 heavy (non-hydrogen) atoms. The van der Waals surface area contributed by atoms with Gasteiger partial charge in [0.2, 0.25) is 5.89 Å². The van der Waals surface area contributed by atoms with Crippen molar-refractivity contribution in [3.8, 4) is 10.8 Å². The van der Waals surface area contributed by atoms with Crippen LogP contribution in [0.3, 0.4) is 0 Å². The van der Waals surface area contributed by atoms with Gasteiger partial charge in [-0.25, -0.2) is 0 Å². The lowest BCUT2D eigenvalue weighted by atomic mass is 10.2. The van der Waals surface area contributed by atoms with Crippen LogP contribution >= 0.6 is 11.3 Å². The molecule has 0 saturated heterocycles. The van der Waals surface area contributed by atoms with Crippen molar-refractivity contribution in [3.63, 3.8) is 0 Å². The Morgan fingerprint density at radius 3 is 3.00 bits per heavy atom. The molecular weight excluding hydrogens is 258 g/mol. The van der Waals surface area contributed by atoms with E-state index >= 15 is 0 Å². The maximum Gasteiger partial charge on any atom is 0.257 e. The number of fused-ring (bicyclic) bond motifs is 1. The first kappa shape index (κ1) is 12.3. The van der Waals surface area contributed by atoms with Crippen molar-refractivity contribution in [2.75, 3.05) is 6.54 Å². The molecule has 0 bridgehead atoms. The van der Waals surface area contributed by atoms with E-state index in [0.717, 1.165) is 17.8 Å². The summed E-state index contributed by atoms with van der Waals surface area (Å²) in [5.41, 5.74) is 0. The van der Waals surface area contributed by atoms with Crippen molar-refractivity contribution in [2.45, 2.75) is 19.9 Å². The van der Waals surface area contributed by atoms with Crippen LogP contribution in [0, 0.1) is 0 Å². The fourth-order valence-electron chi connectivity index (χ4n) is 1.88. The average molecular weight is 273 g/mol. The summed E-state index contributed by atoms with van der Waals surface area (Å²) in [5, 5.41) is 12.6. The molecule has 3 rings (SSSR count). The van der Waals surface area contributed by atoms with Crippen LogP contribution in [0.2, 0.25) is 0 Å². The summed E-state index contributed by atoms with van der Waals surface area (Å²) in [5.74, 6) is 1.25. The van der Waals surface area contributed by atoms with Gasteiger partial charge in [0.25, 0.3) is 5.89 Å². The summed E-state index contributed by atoms with van der Waals surface area (Å²) in [6.45, 7) is 3.72. The fraction of sp³-hybridized carbons (Fsp3) is 0.286. The monoisotopic (exact) mass is 273 g/mol. The normalized spacial score (nSPS) is 11.2. The molecule has 0 unspecified atom stereocenters. The van der Waals surface area contributed by atoms with E-state index < -0.39 is 0 Å². The van der Waals surface area contributed by atoms with Gasteiger partial charge in [0.1, 0.15) is 0 Å². The van der Waals surface area contributed by atoms with E-state index in [2.05, 4.69) is 40.6 Å². The maximum atomic E-state index is 5.67. The van der Waals surface area contributed by atoms with Crippen LogP contribution in [0.15, 0.2) is 34.7 Å². The van der Waals surface area contributed by atoms with Gasteiger partial charge in [-0.3, -0.25) is 0 Å². The molecule has 4 nitrogen and oxygen atoms in total. The predicted molar refractivity (Wildman–Crippen MR) is 77.1 cm³/mol. The lowest BCUT2D eigenvalue weighted by Crippen LogP contribution is -2.13. The van der Waals surface area contributed by atoms with Crippen molar-refractivity contribution in [1.29, 1.82) is 0 Å². The molecule has 3 aromatic rings. The predicted octanol–water partition coefficient (Wildman–Crippen LogP) is 3.45. The Labute approximate surface area is 115 Å². The van der Waals surface area contributed by atoms with Gasteiger partial charge in [-0.05, 0) is 30.5 Å². The Hall–Kier alpha value is -1.72. The Morgan fingerprint density at radius 2 is 2.16 bits per heavy atom. The smallest absolute Gasteiger partial charge is 0.257 e. The number of benzene rings is 1. The minimum Gasteiger partial charge on any atom is -0.419 e. The second-order valence-electron chi connectivity index (χ2n) is 4.33. The van der Waals surface area contributed by atoms with Crippen molar-refractivity contribution in [1.82, 2.24) is 15.5 Å². The van der Waals surface area contributed by atoms with Gasteiger partial charge in [-0.2, -0.15) is 0 Å². The lowest BCUT2D eigenvalue weighted by Gasteiger charge is -1.96. The minimum atomic E-state index is 0.606. The third-order valence-electron chi connectivity index (χ3n) is 2.81. The Balaban J connectivity index is 1.81. The zero-order valence-corrected chi connectivity index (χ0v) is 11.5. The zero-order valence-electron chi connectivity index (χ0n) is 10.7. The molecule has 1 N–H and O–H groups in total. The summed E-state index contributed by atoms with van der Waals surface area (Å²) in [4.78, 5) is 1.02. The molecular formula is C14H15N3OS. The molecule has 5 heteroatoms. The molecule has 0 aliphatic heterocycles. The Bertz CT molecular complexity index is 641. The van der Waals surface area contributed by atoms with Gasteiger partial charge in [-0.15, -0.1) is 21.5 Å². The van der Waals surface area contributed by atoms with E-state index in [9.17, 15) is 0 Å². The second kappa shape index (κ2) is 5.50. The van der Waals surface area contributed by atoms with Crippen LogP contribution in [0.1, 0.15) is 19.2 Å². The molecule has 0 amide bonds. The third kappa shape index (κ3) is 2.67. The Morgan fingerprint density at radius 1 is 1.26 bits per heavy atom. The molecule has 98 valence electrons. The molecule has 0 saturated carbocycles. The first-order chi connectivity index (χ1) is 9.36. The summed E-state index contributed by atoms with van der Waals surface area (Å²) in [6, 6.07) is 10.4. The van der Waals surface area contributed by atoms with Gasteiger partial charge in [0.15, 0.2) is 0 Å². The van der Waals surface area contributed by atoms with E-state index in [1.54, 1.807) is 11.3 Å². The number of nitrogens with zero attached hydrogens (tertiary/aromatic N) is 2. The SMILES string of the molecule is CCCNCc1nnc(-c2cc3ccccc3s2)o1. The maximum absolute atomic E-state index is 5.67. The highest BCUT2D eigenvalue weighted by Gasteiger charge is 2.11. The first-order valence-electron chi connectivity index (χ1n) is 6.39. The molecule has 1 aromatic carbocycles. The number of hydrogen-bond donors (Lipinski definition) is 1. The largest absolute Gasteiger partial charge is 0.419 e. The summed E-state index contributed by atoms with van der Waals surface area (Å²) < 4.78 is 6.91. The van der Waals surface area contributed by atoms with Crippen LogP contribution in [0.5, 0.6) is 0 Å². The summed E-state index contributed by atoms with van der Waals surface area (Å²) >= 11 is 1.68. The van der Waals surface area contributed by atoms with Crippen LogP contribution in [0.25, 0.3) is 20.9 Å². The minimum absolute atomic E-state index is 0.606. The molecule has 0 atom stereocenters. The number of thiophene rings is 1. The zero-order chi connectivity index (χ0) is 13.1. The number of nitrogens with one attached hydrogen (secondary N) is 1. The van der Waals surface area contributed by atoms with Crippen molar-refractivity contribution in [3.05, 3.63) is 36.2 Å². The van der Waals surface area contributed by atoms with Crippen LogP contribution in [-0.4, -0.2) is 16.7 Å². The van der Waals surface area contributed by atoms with Gasteiger partial charge in [0, 0.05) is 4.70 Å². The standard InChI is InChI=1S/C14H15N3OS/c1-2-7-15-9-13-16-17-14(18-13)12-8-10-5-3-4-6-11(10)19-12/h3-6,8,15H,2,7,9H2,1H3. The summed E-state index contributed by atoms with van der Waals surface area (Å²) in [7, 11) is 0. The number of aromatic nitrogens is 2. The van der Waals surface area contributed by atoms with E-state index in [1.807, 2.05) is 12.1 Å². The van der Waals surface area contributed by atoms with Crippen molar-refractivity contribution >= 4 is 21.4 Å². The highest BCUT2D eigenvalue weighted by atomic mass is 32.1. The van der Waals surface area contributed by atoms with E-state index in [4.69, 9.17) is 4.42 Å². The van der Waals surface area contributed by atoms with E-state index in [-0.39, 0.29) is 0 Å². The average Bonchev–Trinajstić information content (AvgIpc) is 3.04. The van der Waals surface area contributed by atoms with E-state index in [0.29, 0.717) is 18.3 Å². The molecule has 0 aliphatic carbocycles. The Kier molecular flexibility index (Phi) is 3.57. The van der Waals surface area contributed by atoms with Crippen molar-refractivity contribution in [2.24, 2.45) is 0 Å². The third-order valence-corrected chi connectivity index (χ3v) is 3.91. The fourth-order valence-corrected chi connectivity index (χ4v) is 2.87. The molecule has 0 spiro atoms. The van der Waals surface area contributed by atoms with Gasteiger partial charge in [-0.1, -0.05) is 25.1 Å². The van der Waals surface area contributed by atoms with Crippen molar-refractivity contribution < 1.29 is 4.42 Å². The highest BCUT2D eigenvalue weighted by molar-refractivity contribution is 7.22. The van der Waals surface area contributed by atoms with Crippen LogP contribution in [-0.2, 0) is 6.54 Å². The quantitative estimate of drug-likeness (QED) is 0.723. The second-order valence-corrected chi connectivity index (χ2v) is 5.41. The molecule has 2 aromatic heterocycles. The molecule has 0 fully saturated rings. The van der Waals surface area contributed by atoms with Gasteiger partial charge in [0.05, 0.1) is 11.4 Å². The molecule has 2 heterocycles. The molecule has 0 radical (unpaired) electrons. The first-order valence-corrected chi connectivity index (χ1v) is 7.20. The molecule has 0 aliphatic rings. The topological polar surface area (TPSA) is 51.0 Å². The number of rotatable bonds is 5. The van der Waals surface area contributed by atoms with Gasteiger partial charge < -0.3 is 9.73 Å².